The van der Waals surface area contributed by atoms with Crippen molar-refractivity contribution in [3.05, 3.63) is 23.7 Å². The van der Waals surface area contributed by atoms with Gasteiger partial charge >= 0.3 is 0 Å². The molecule has 0 aliphatic rings. The van der Waals surface area contributed by atoms with E-state index < -0.39 is 0 Å². The second kappa shape index (κ2) is 6.96. The van der Waals surface area contributed by atoms with Crippen LogP contribution in [0.15, 0.2) is 16.5 Å². The summed E-state index contributed by atoms with van der Waals surface area (Å²) >= 11 is 1.92. The maximum absolute atomic E-state index is 5.62. The summed E-state index contributed by atoms with van der Waals surface area (Å²) in [5.41, 5.74) is 0. The molecule has 15 heavy (non-hydrogen) atoms. The van der Waals surface area contributed by atoms with E-state index in [4.69, 9.17) is 4.42 Å². The van der Waals surface area contributed by atoms with E-state index in [9.17, 15) is 0 Å². The van der Waals surface area contributed by atoms with Crippen molar-refractivity contribution in [2.24, 2.45) is 0 Å². The van der Waals surface area contributed by atoms with Crippen molar-refractivity contribution >= 4 is 11.8 Å². The predicted molar refractivity (Wildman–Crippen MR) is 67.4 cm³/mol. The summed E-state index contributed by atoms with van der Waals surface area (Å²) < 4.78 is 5.62. The lowest BCUT2D eigenvalue weighted by Gasteiger charge is -2.06. The van der Waals surface area contributed by atoms with Crippen LogP contribution in [0.1, 0.15) is 32.3 Å². The molecule has 1 heterocycles. The number of furan rings is 1. The second-order valence-corrected chi connectivity index (χ2v) is 4.99. The molecule has 0 spiro atoms. The highest BCUT2D eigenvalue weighted by Gasteiger charge is 2.00. The summed E-state index contributed by atoms with van der Waals surface area (Å²) in [5.74, 6) is 4.31. The van der Waals surface area contributed by atoms with Crippen LogP contribution < -0.4 is 5.32 Å². The van der Waals surface area contributed by atoms with Gasteiger partial charge in [0.15, 0.2) is 0 Å². The lowest BCUT2D eigenvalue weighted by Crippen LogP contribution is -2.24. The Hall–Kier alpha value is -0.410. The molecule has 0 bridgehead atoms. The van der Waals surface area contributed by atoms with E-state index in [1.807, 2.05) is 11.8 Å². The van der Waals surface area contributed by atoms with Gasteiger partial charge in [0, 0.05) is 24.8 Å². The third kappa shape index (κ3) is 5.28. The fraction of sp³-hybridized carbons (Fsp3) is 0.667. The molecule has 2 nitrogen and oxygen atoms in total. The molecule has 1 aromatic rings. The van der Waals surface area contributed by atoms with Crippen molar-refractivity contribution in [2.45, 2.75) is 39.0 Å². The summed E-state index contributed by atoms with van der Waals surface area (Å²) in [5, 5.41) is 3.40. The smallest absolute Gasteiger partial charge is 0.114 e. The summed E-state index contributed by atoms with van der Waals surface area (Å²) in [6.07, 6.45) is 0.986. The zero-order valence-corrected chi connectivity index (χ0v) is 10.7. The summed E-state index contributed by atoms with van der Waals surface area (Å²) in [6.45, 7) is 7.53. The Morgan fingerprint density at radius 3 is 2.67 bits per heavy atom. The van der Waals surface area contributed by atoms with E-state index in [0.717, 1.165) is 36.0 Å². The average molecular weight is 227 g/mol. The van der Waals surface area contributed by atoms with Gasteiger partial charge in [-0.05, 0) is 12.1 Å². The lowest BCUT2D eigenvalue weighted by molar-refractivity contribution is 0.485. The SMILES string of the molecule is CCc1ccc(CSCCNC(C)C)o1. The molecule has 86 valence electrons. The molecule has 1 N–H and O–H groups in total. The predicted octanol–water partition coefficient (Wildman–Crippen LogP) is 3.07. The van der Waals surface area contributed by atoms with Crippen molar-refractivity contribution in [1.82, 2.24) is 5.32 Å². The van der Waals surface area contributed by atoms with Gasteiger partial charge in [0.2, 0.25) is 0 Å². The van der Waals surface area contributed by atoms with E-state index in [1.165, 1.54) is 0 Å². The van der Waals surface area contributed by atoms with Crippen molar-refractivity contribution in [2.75, 3.05) is 12.3 Å². The maximum atomic E-state index is 5.62. The molecule has 0 saturated heterocycles. The highest BCUT2D eigenvalue weighted by molar-refractivity contribution is 7.98. The average Bonchev–Trinajstić information content (AvgIpc) is 2.65. The topological polar surface area (TPSA) is 25.2 Å². The first-order valence-corrected chi connectivity index (χ1v) is 6.76. The molecule has 0 aliphatic carbocycles. The minimum Gasteiger partial charge on any atom is -0.465 e. The minimum absolute atomic E-state index is 0.584. The minimum atomic E-state index is 0.584. The summed E-state index contributed by atoms with van der Waals surface area (Å²) in [6, 6.07) is 4.74. The number of nitrogens with one attached hydrogen (secondary N) is 1. The normalized spacial score (nSPS) is 11.2. The molecule has 0 aromatic carbocycles. The van der Waals surface area contributed by atoms with Crippen LogP contribution in [-0.2, 0) is 12.2 Å². The van der Waals surface area contributed by atoms with Crippen molar-refractivity contribution in [3.8, 4) is 0 Å². The lowest BCUT2D eigenvalue weighted by atomic mass is 10.4. The Kier molecular flexibility index (Phi) is 5.88. The first kappa shape index (κ1) is 12.7. The van der Waals surface area contributed by atoms with Crippen LogP contribution in [0.25, 0.3) is 0 Å². The van der Waals surface area contributed by atoms with Crippen LogP contribution >= 0.6 is 11.8 Å². The number of rotatable bonds is 7. The van der Waals surface area contributed by atoms with Gasteiger partial charge in [-0.3, -0.25) is 0 Å². The first-order valence-electron chi connectivity index (χ1n) is 5.61. The van der Waals surface area contributed by atoms with Gasteiger partial charge in [-0.25, -0.2) is 0 Å². The standard InChI is InChI=1S/C12H21NOS/c1-4-11-5-6-12(14-11)9-15-8-7-13-10(2)3/h5-6,10,13H,4,7-9H2,1-3H3. The molecule has 0 radical (unpaired) electrons. The van der Waals surface area contributed by atoms with Gasteiger partial charge < -0.3 is 9.73 Å². The Labute approximate surface area is 96.8 Å². The highest BCUT2D eigenvalue weighted by Crippen LogP contribution is 2.15. The monoisotopic (exact) mass is 227 g/mol. The molecule has 0 aliphatic heterocycles. The first-order chi connectivity index (χ1) is 7.22. The second-order valence-electron chi connectivity index (χ2n) is 3.88. The van der Waals surface area contributed by atoms with Crippen LogP contribution in [0.2, 0.25) is 0 Å². The van der Waals surface area contributed by atoms with Crippen molar-refractivity contribution in [3.63, 3.8) is 0 Å². The third-order valence-electron chi connectivity index (χ3n) is 2.11. The Bertz CT molecular complexity index is 270. The van der Waals surface area contributed by atoms with Crippen molar-refractivity contribution in [1.29, 1.82) is 0 Å². The number of hydrogen-bond acceptors (Lipinski definition) is 3. The summed E-state index contributed by atoms with van der Waals surface area (Å²) in [7, 11) is 0. The maximum Gasteiger partial charge on any atom is 0.114 e. The fourth-order valence-corrected chi connectivity index (χ4v) is 2.05. The van der Waals surface area contributed by atoms with E-state index in [-0.39, 0.29) is 0 Å². The number of aryl methyl sites for hydroxylation is 1. The van der Waals surface area contributed by atoms with Gasteiger partial charge in [-0.2, -0.15) is 11.8 Å². The van der Waals surface area contributed by atoms with Gasteiger partial charge in [-0.1, -0.05) is 20.8 Å². The van der Waals surface area contributed by atoms with Gasteiger partial charge in [0.1, 0.15) is 11.5 Å². The Morgan fingerprint density at radius 2 is 2.07 bits per heavy atom. The van der Waals surface area contributed by atoms with E-state index in [2.05, 4.69) is 38.2 Å². The fourth-order valence-electron chi connectivity index (χ4n) is 1.28. The highest BCUT2D eigenvalue weighted by atomic mass is 32.2. The van der Waals surface area contributed by atoms with Gasteiger partial charge in [0.25, 0.3) is 0 Å². The third-order valence-corrected chi connectivity index (χ3v) is 3.09. The van der Waals surface area contributed by atoms with Crippen LogP contribution in [0, 0.1) is 0 Å². The largest absolute Gasteiger partial charge is 0.465 e. The van der Waals surface area contributed by atoms with E-state index in [0.29, 0.717) is 6.04 Å². The molecule has 0 atom stereocenters. The Balaban J connectivity index is 2.09. The van der Waals surface area contributed by atoms with Crippen LogP contribution in [0.4, 0.5) is 0 Å². The zero-order chi connectivity index (χ0) is 11.1. The molecule has 0 unspecified atom stereocenters. The van der Waals surface area contributed by atoms with E-state index >= 15 is 0 Å². The van der Waals surface area contributed by atoms with Crippen LogP contribution in [-0.4, -0.2) is 18.3 Å². The summed E-state index contributed by atoms with van der Waals surface area (Å²) in [4.78, 5) is 0. The number of thioether (sulfide) groups is 1. The van der Waals surface area contributed by atoms with Crippen molar-refractivity contribution < 1.29 is 4.42 Å². The molecule has 3 heteroatoms. The van der Waals surface area contributed by atoms with Crippen LogP contribution in [0.3, 0.4) is 0 Å². The van der Waals surface area contributed by atoms with Gasteiger partial charge in [-0.15, -0.1) is 0 Å². The molecule has 0 amide bonds. The molecule has 0 saturated carbocycles. The quantitative estimate of drug-likeness (QED) is 0.725. The Morgan fingerprint density at radius 1 is 1.33 bits per heavy atom. The number of hydrogen-bond donors (Lipinski definition) is 1. The van der Waals surface area contributed by atoms with E-state index in [1.54, 1.807) is 0 Å². The zero-order valence-electron chi connectivity index (χ0n) is 9.88. The molecular formula is C12H21NOS. The van der Waals surface area contributed by atoms with Gasteiger partial charge in [0.05, 0.1) is 5.75 Å². The molecule has 0 fully saturated rings. The molecule has 1 aromatic heterocycles. The molecular weight excluding hydrogens is 206 g/mol. The molecule has 1 rings (SSSR count). The van der Waals surface area contributed by atoms with Crippen LogP contribution in [0.5, 0.6) is 0 Å².